The van der Waals surface area contributed by atoms with Crippen LogP contribution >= 0.6 is 15.9 Å². The first-order valence-corrected chi connectivity index (χ1v) is 7.07. The summed E-state index contributed by atoms with van der Waals surface area (Å²) in [5.41, 5.74) is 0.406. The lowest BCUT2D eigenvalue weighted by Gasteiger charge is -2.18. The lowest BCUT2D eigenvalue weighted by molar-refractivity contribution is -0.736. The molecule has 0 fully saturated rings. The molecule has 106 valence electrons. The number of halogens is 1. The minimum Gasteiger partial charge on any atom is -0.491 e. The van der Waals surface area contributed by atoms with Crippen LogP contribution in [-0.2, 0) is 4.84 Å². The Labute approximate surface area is 122 Å². The molecule has 0 amide bonds. The van der Waals surface area contributed by atoms with Gasteiger partial charge in [0, 0.05) is 12.6 Å². The monoisotopic (exact) mass is 331 g/mol. The summed E-state index contributed by atoms with van der Waals surface area (Å²) in [7, 11) is 1.33. The number of nitrogens with zero attached hydrogens (tertiary/aromatic N) is 2. The molecule has 0 radical (unpaired) electrons. The van der Waals surface area contributed by atoms with Gasteiger partial charge in [-0.05, 0) is 35.1 Å². The molecule has 5 nitrogen and oxygen atoms in total. The number of rotatable bonds is 8. The van der Waals surface area contributed by atoms with Gasteiger partial charge >= 0.3 is 5.69 Å². The second-order valence-electron chi connectivity index (χ2n) is 3.93. The zero-order chi connectivity index (χ0) is 14.3. The molecule has 1 aromatic rings. The van der Waals surface area contributed by atoms with Gasteiger partial charge in [-0.3, -0.25) is 0 Å². The van der Waals surface area contributed by atoms with E-state index in [1.54, 1.807) is 18.2 Å². The van der Waals surface area contributed by atoms with Crippen LogP contribution in [0.4, 0.5) is 5.69 Å². The Morgan fingerprint density at radius 3 is 2.58 bits per heavy atom. The normalized spacial score (nSPS) is 10.6. The van der Waals surface area contributed by atoms with Gasteiger partial charge in [-0.15, -0.1) is 0 Å². The van der Waals surface area contributed by atoms with Crippen LogP contribution in [0, 0.1) is 4.91 Å². The molecule has 0 bridgehead atoms. The van der Waals surface area contributed by atoms with Crippen molar-refractivity contribution in [2.45, 2.75) is 13.8 Å². The molecule has 0 saturated carbocycles. The fraction of sp³-hybridized carbons (Fsp3) is 0.538. The summed E-state index contributed by atoms with van der Waals surface area (Å²) in [5, 5.41) is 0. The second-order valence-corrected chi connectivity index (χ2v) is 4.78. The zero-order valence-corrected chi connectivity index (χ0v) is 13.1. The minimum absolute atomic E-state index is 0.406. The first-order chi connectivity index (χ1) is 9.12. The maximum absolute atomic E-state index is 11.4. The number of hydrogen-bond donors (Lipinski definition) is 0. The predicted octanol–water partition coefficient (Wildman–Crippen LogP) is 3.14. The molecule has 0 aliphatic heterocycles. The smallest absolute Gasteiger partial charge is 0.320 e. The van der Waals surface area contributed by atoms with Crippen LogP contribution in [0.1, 0.15) is 13.8 Å². The fourth-order valence-corrected chi connectivity index (χ4v) is 2.01. The molecule has 1 rings (SSSR count). The van der Waals surface area contributed by atoms with Gasteiger partial charge in [-0.1, -0.05) is 13.8 Å². The summed E-state index contributed by atoms with van der Waals surface area (Å²) in [6.07, 6.45) is 0. The number of hydrogen-bond acceptors (Lipinski definition) is 4. The van der Waals surface area contributed by atoms with E-state index in [4.69, 9.17) is 4.74 Å². The van der Waals surface area contributed by atoms with E-state index in [9.17, 15) is 4.91 Å². The Morgan fingerprint density at radius 2 is 2.00 bits per heavy atom. The van der Waals surface area contributed by atoms with Crippen molar-refractivity contribution in [1.29, 1.82) is 0 Å². The SMILES string of the molecule is CCN(CC)CCOc1cc([N+](=O)OC)ccc1Br. The van der Waals surface area contributed by atoms with Crippen molar-refractivity contribution in [2.75, 3.05) is 33.4 Å². The summed E-state index contributed by atoms with van der Waals surface area (Å²) in [6, 6.07) is 5.09. The van der Waals surface area contributed by atoms with Crippen molar-refractivity contribution in [3.63, 3.8) is 0 Å². The lowest BCUT2D eigenvalue weighted by Crippen LogP contribution is -2.27. The molecule has 0 saturated heterocycles. The summed E-state index contributed by atoms with van der Waals surface area (Å²) < 4.78 is 6.52. The Balaban J connectivity index is 2.64. The van der Waals surface area contributed by atoms with Crippen molar-refractivity contribution in [1.82, 2.24) is 4.90 Å². The molecule has 0 heterocycles. The molecule has 19 heavy (non-hydrogen) atoms. The van der Waals surface area contributed by atoms with Gasteiger partial charge in [0.05, 0.1) is 15.4 Å². The van der Waals surface area contributed by atoms with Crippen LogP contribution in [0.15, 0.2) is 22.7 Å². The minimum atomic E-state index is 0.406. The van der Waals surface area contributed by atoms with E-state index in [2.05, 4.69) is 39.5 Å². The lowest BCUT2D eigenvalue weighted by atomic mass is 10.3. The molecule has 1 aromatic carbocycles. The zero-order valence-electron chi connectivity index (χ0n) is 11.6. The number of likely N-dealkylation sites (N-methyl/N-ethyl adjacent to an activating group) is 1. The average molecular weight is 332 g/mol. The third kappa shape index (κ3) is 4.80. The maximum atomic E-state index is 11.4. The van der Waals surface area contributed by atoms with E-state index in [-0.39, 0.29) is 0 Å². The highest BCUT2D eigenvalue weighted by atomic mass is 79.9. The molecule has 0 N–H and O–H groups in total. The number of benzene rings is 1. The molecule has 0 aliphatic rings. The van der Waals surface area contributed by atoms with Crippen LogP contribution in [-0.4, -0.2) is 43.2 Å². The Bertz CT molecular complexity index is 422. The summed E-state index contributed by atoms with van der Waals surface area (Å²) in [6.45, 7) is 7.67. The standard InChI is InChI=1S/C13H20BrN2O3/c1-4-15(5-2)8-9-19-13-10-11(16(17)18-3)6-7-12(13)14/h6-7,10H,4-5,8-9H2,1-3H3/q+1. The topological polar surface area (TPSA) is 41.8 Å². The van der Waals surface area contributed by atoms with Gasteiger partial charge < -0.3 is 9.64 Å². The van der Waals surface area contributed by atoms with Crippen molar-refractivity contribution < 1.29 is 14.5 Å². The van der Waals surface area contributed by atoms with Crippen LogP contribution in [0.3, 0.4) is 0 Å². The van der Waals surface area contributed by atoms with E-state index in [0.717, 1.165) is 24.1 Å². The predicted molar refractivity (Wildman–Crippen MR) is 77.7 cm³/mol. The highest BCUT2D eigenvalue weighted by Gasteiger charge is 2.17. The number of ether oxygens (including phenoxy) is 1. The van der Waals surface area contributed by atoms with Gasteiger partial charge in [0.15, 0.2) is 7.11 Å². The summed E-state index contributed by atoms with van der Waals surface area (Å²) in [5.74, 6) is 0.641. The van der Waals surface area contributed by atoms with E-state index in [1.807, 2.05) is 0 Å². The fourth-order valence-electron chi connectivity index (χ4n) is 1.65. The molecular weight excluding hydrogens is 312 g/mol. The Hall–Kier alpha value is -1.14. The van der Waals surface area contributed by atoms with Crippen molar-refractivity contribution in [3.8, 4) is 5.75 Å². The van der Waals surface area contributed by atoms with Crippen molar-refractivity contribution >= 4 is 21.6 Å². The van der Waals surface area contributed by atoms with Gasteiger partial charge in [-0.25, -0.2) is 4.84 Å². The highest BCUT2D eigenvalue weighted by Crippen LogP contribution is 2.29. The quantitative estimate of drug-likeness (QED) is 0.686. The Morgan fingerprint density at radius 1 is 1.32 bits per heavy atom. The largest absolute Gasteiger partial charge is 0.491 e. The first kappa shape index (κ1) is 15.9. The van der Waals surface area contributed by atoms with Crippen LogP contribution in [0.5, 0.6) is 5.75 Å². The van der Waals surface area contributed by atoms with E-state index in [0.29, 0.717) is 23.0 Å². The summed E-state index contributed by atoms with van der Waals surface area (Å²) >= 11 is 3.40. The van der Waals surface area contributed by atoms with Gasteiger partial charge in [0.25, 0.3) is 4.92 Å². The first-order valence-electron chi connectivity index (χ1n) is 6.28. The second kappa shape index (κ2) is 8.12. The van der Waals surface area contributed by atoms with Crippen molar-refractivity contribution in [3.05, 3.63) is 27.6 Å². The third-order valence-electron chi connectivity index (χ3n) is 2.85. The summed E-state index contributed by atoms with van der Waals surface area (Å²) in [4.78, 5) is 18.7. The molecule has 0 aromatic heterocycles. The Kier molecular flexibility index (Phi) is 6.80. The van der Waals surface area contributed by atoms with Gasteiger partial charge in [0.2, 0.25) is 0 Å². The van der Waals surface area contributed by atoms with E-state index >= 15 is 0 Å². The molecule has 0 spiro atoms. The van der Waals surface area contributed by atoms with Crippen LogP contribution in [0.25, 0.3) is 0 Å². The molecule has 6 heteroatoms. The maximum Gasteiger partial charge on any atom is 0.320 e. The van der Waals surface area contributed by atoms with E-state index < -0.39 is 0 Å². The molecular formula is C13H20BrN2O3+. The van der Waals surface area contributed by atoms with Gasteiger partial charge in [0.1, 0.15) is 12.4 Å². The average Bonchev–Trinajstić information content (AvgIpc) is 2.44. The molecule has 0 atom stereocenters. The van der Waals surface area contributed by atoms with Gasteiger partial charge in [-0.2, -0.15) is 0 Å². The third-order valence-corrected chi connectivity index (χ3v) is 3.51. The van der Waals surface area contributed by atoms with Crippen LogP contribution in [0.2, 0.25) is 0 Å². The molecule has 0 aliphatic carbocycles. The highest BCUT2D eigenvalue weighted by molar-refractivity contribution is 9.10. The van der Waals surface area contributed by atoms with Crippen LogP contribution < -0.4 is 4.74 Å². The van der Waals surface area contributed by atoms with E-state index in [1.165, 1.54) is 7.11 Å². The van der Waals surface area contributed by atoms with Crippen molar-refractivity contribution in [2.24, 2.45) is 0 Å². The molecule has 0 unspecified atom stereocenters.